The van der Waals surface area contributed by atoms with Gasteiger partial charge in [0.25, 0.3) is 12.3 Å². The van der Waals surface area contributed by atoms with Gasteiger partial charge in [0.2, 0.25) is 0 Å². The monoisotopic (exact) mass is 271 g/mol. The SMILES string of the molecule is O=C(c1cc(C2CC2)[nH]n1)N1CC(OCC(F)F)C1. The summed E-state index contributed by atoms with van der Waals surface area (Å²) in [6, 6.07) is 1.79. The molecule has 2 aliphatic rings. The number of nitrogens with one attached hydrogen (secondary N) is 1. The lowest BCUT2D eigenvalue weighted by molar-refractivity contribution is -0.0776. The quantitative estimate of drug-likeness (QED) is 0.880. The van der Waals surface area contributed by atoms with E-state index in [1.54, 1.807) is 11.0 Å². The van der Waals surface area contributed by atoms with Crippen LogP contribution in [0.1, 0.15) is 34.9 Å². The average molecular weight is 271 g/mol. The topological polar surface area (TPSA) is 58.2 Å². The fourth-order valence-electron chi connectivity index (χ4n) is 2.13. The summed E-state index contributed by atoms with van der Waals surface area (Å²) in [4.78, 5) is 13.6. The number of H-pyrrole nitrogens is 1. The van der Waals surface area contributed by atoms with Gasteiger partial charge in [0.1, 0.15) is 12.3 Å². The minimum absolute atomic E-state index is 0.167. The fourth-order valence-corrected chi connectivity index (χ4v) is 2.13. The van der Waals surface area contributed by atoms with E-state index in [9.17, 15) is 13.6 Å². The molecule has 0 bridgehead atoms. The van der Waals surface area contributed by atoms with E-state index in [2.05, 4.69) is 10.2 Å². The maximum absolute atomic E-state index is 12.0. The first-order chi connectivity index (χ1) is 9.13. The van der Waals surface area contributed by atoms with Gasteiger partial charge in [-0.25, -0.2) is 8.78 Å². The van der Waals surface area contributed by atoms with Gasteiger partial charge in [0.05, 0.1) is 6.10 Å². The van der Waals surface area contributed by atoms with E-state index in [0.717, 1.165) is 18.5 Å². The predicted molar refractivity (Wildman–Crippen MR) is 62.2 cm³/mol. The summed E-state index contributed by atoms with van der Waals surface area (Å²) in [6.45, 7) is 0.148. The van der Waals surface area contributed by atoms with Crippen LogP contribution in [0.2, 0.25) is 0 Å². The molecule has 0 aromatic carbocycles. The zero-order valence-corrected chi connectivity index (χ0v) is 10.3. The van der Waals surface area contributed by atoms with Gasteiger partial charge in [0.15, 0.2) is 0 Å². The van der Waals surface area contributed by atoms with Crippen molar-refractivity contribution in [3.63, 3.8) is 0 Å². The van der Waals surface area contributed by atoms with Gasteiger partial charge < -0.3 is 9.64 Å². The molecule has 0 atom stereocenters. The zero-order valence-electron chi connectivity index (χ0n) is 10.3. The van der Waals surface area contributed by atoms with Gasteiger partial charge in [-0.2, -0.15) is 5.10 Å². The molecule has 2 heterocycles. The Morgan fingerprint density at radius 2 is 2.26 bits per heavy atom. The zero-order chi connectivity index (χ0) is 13.4. The molecule has 3 rings (SSSR count). The number of alkyl halides is 2. The number of hydrogen-bond donors (Lipinski definition) is 1. The van der Waals surface area contributed by atoms with Gasteiger partial charge in [-0.1, -0.05) is 0 Å². The standard InChI is InChI=1S/C12H15F2N3O2/c13-11(14)6-19-8-4-17(5-8)12(18)10-3-9(15-16-10)7-1-2-7/h3,7-8,11H,1-2,4-6H2,(H,15,16). The normalized spacial score (nSPS) is 19.8. The summed E-state index contributed by atoms with van der Waals surface area (Å²) >= 11 is 0. The van der Waals surface area contributed by atoms with Crippen molar-refractivity contribution >= 4 is 5.91 Å². The third-order valence-corrected chi connectivity index (χ3v) is 3.43. The highest BCUT2D eigenvalue weighted by Crippen LogP contribution is 2.39. The Hall–Kier alpha value is -1.50. The molecule has 1 aliphatic heterocycles. The number of aromatic amines is 1. The summed E-state index contributed by atoms with van der Waals surface area (Å²) in [5, 5.41) is 6.88. The molecule has 1 saturated heterocycles. The first-order valence-corrected chi connectivity index (χ1v) is 6.38. The molecule has 1 saturated carbocycles. The summed E-state index contributed by atoms with van der Waals surface area (Å²) in [6.07, 6.45) is -0.455. The van der Waals surface area contributed by atoms with Crippen molar-refractivity contribution in [1.82, 2.24) is 15.1 Å². The number of amides is 1. The second kappa shape index (κ2) is 4.88. The van der Waals surface area contributed by atoms with Crippen molar-refractivity contribution < 1.29 is 18.3 Å². The number of carbonyl (C=O) groups is 1. The highest BCUT2D eigenvalue weighted by molar-refractivity contribution is 5.93. The molecule has 1 aliphatic carbocycles. The van der Waals surface area contributed by atoms with Gasteiger partial charge in [-0.3, -0.25) is 9.89 Å². The Bertz CT molecular complexity index is 467. The van der Waals surface area contributed by atoms with Crippen molar-refractivity contribution in [3.05, 3.63) is 17.5 Å². The van der Waals surface area contributed by atoms with Crippen LogP contribution < -0.4 is 0 Å². The minimum atomic E-state index is -2.46. The summed E-state index contributed by atoms with van der Waals surface area (Å²) < 4.78 is 28.8. The summed E-state index contributed by atoms with van der Waals surface area (Å²) in [5.41, 5.74) is 1.41. The van der Waals surface area contributed by atoms with Crippen molar-refractivity contribution in [2.24, 2.45) is 0 Å². The Balaban J connectivity index is 1.49. The fraction of sp³-hybridized carbons (Fsp3) is 0.667. The highest BCUT2D eigenvalue weighted by atomic mass is 19.3. The molecule has 19 heavy (non-hydrogen) atoms. The highest BCUT2D eigenvalue weighted by Gasteiger charge is 2.34. The van der Waals surface area contributed by atoms with Crippen molar-refractivity contribution in [2.75, 3.05) is 19.7 Å². The Labute approximate surface area is 108 Å². The van der Waals surface area contributed by atoms with Crippen molar-refractivity contribution in [2.45, 2.75) is 31.3 Å². The second-order valence-electron chi connectivity index (χ2n) is 5.04. The van der Waals surface area contributed by atoms with E-state index in [-0.39, 0.29) is 12.0 Å². The van der Waals surface area contributed by atoms with E-state index in [0.29, 0.717) is 24.7 Å². The van der Waals surface area contributed by atoms with Gasteiger partial charge in [-0.05, 0) is 18.9 Å². The predicted octanol–water partition coefficient (Wildman–Crippen LogP) is 1.39. The number of halogens is 2. The molecule has 0 radical (unpaired) electrons. The molecular formula is C12H15F2N3O2. The first kappa shape index (κ1) is 12.5. The number of carbonyl (C=O) groups excluding carboxylic acids is 1. The largest absolute Gasteiger partial charge is 0.369 e. The number of rotatable bonds is 5. The molecule has 104 valence electrons. The van der Waals surface area contributed by atoms with Crippen LogP contribution in [0.15, 0.2) is 6.07 Å². The van der Waals surface area contributed by atoms with Crippen molar-refractivity contribution in [1.29, 1.82) is 0 Å². The Morgan fingerprint density at radius 1 is 1.53 bits per heavy atom. The number of hydrogen-bond acceptors (Lipinski definition) is 3. The minimum Gasteiger partial charge on any atom is -0.369 e. The van der Waals surface area contributed by atoms with Crippen LogP contribution in [0.4, 0.5) is 8.78 Å². The van der Waals surface area contributed by atoms with E-state index in [4.69, 9.17) is 4.74 Å². The van der Waals surface area contributed by atoms with E-state index >= 15 is 0 Å². The van der Waals surface area contributed by atoms with Crippen LogP contribution in [0.25, 0.3) is 0 Å². The number of aromatic nitrogens is 2. The number of nitrogens with zero attached hydrogens (tertiary/aromatic N) is 2. The molecular weight excluding hydrogens is 256 g/mol. The van der Waals surface area contributed by atoms with Crippen molar-refractivity contribution in [3.8, 4) is 0 Å². The lowest BCUT2D eigenvalue weighted by Gasteiger charge is -2.38. The molecule has 7 heteroatoms. The average Bonchev–Trinajstić information content (AvgIpc) is 3.04. The molecule has 5 nitrogen and oxygen atoms in total. The summed E-state index contributed by atoms with van der Waals surface area (Å²) in [5.74, 6) is 0.354. The Kier molecular flexibility index (Phi) is 3.22. The van der Waals surface area contributed by atoms with Crippen LogP contribution in [0.5, 0.6) is 0 Å². The van der Waals surface area contributed by atoms with Gasteiger partial charge in [-0.15, -0.1) is 0 Å². The van der Waals surface area contributed by atoms with Gasteiger partial charge in [0, 0.05) is 24.7 Å². The maximum atomic E-state index is 12.0. The van der Waals surface area contributed by atoms with Crippen LogP contribution >= 0.6 is 0 Å². The smallest absolute Gasteiger partial charge is 0.274 e. The van der Waals surface area contributed by atoms with E-state index in [1.165, 1.54) is 0 Å². The third-order valence-electron chi connectivity index (χ3n) is 3.43. The third kappa shape index (κ3) is 2.75. The summed E-state index contributed by atoms with van der Waals surface area (Å²) in [7, 11) is 0. The van der Waals surface area contributed by atoms with Gasteiger partial charge >= 0.3 is 0 Å². The lowest BCUT2D eigenvalue weighted by atomic mass is 10.1. The lowest BCUT2D eigenvalue weighted by Crippen LogP contribution is -2.55. The van der Waals surface area contributed by atoms with Crippen LogP contribution in [-0.2, 0) is 4.74 Å². The second-order valence-corrected chi connectivity index (χ2v) is 5.04. The molecule has 1 N–H and O–H groups in total. The molecule has 0 spiro atoms. The first-order valence-electron chi connectivity index (χ1n) is 6.38. The Morgan fingerprint density at radius 3 is 2.89 bits per heavy atom. The molecule has 1 aromatic rings. The van der Waals surface area contributed by atoms with Crippen LogP contribution in [0, 0.1) is 0 Å². The molecule has 1 amide bonds. The van der Waals surface area contributed by atoms with E-state index < -0.39 is 13.0 Å². The van der Waals surface area contributed by atoms with Crippen LogP contribution in [0.3, 0.4) is 0 Å². The molecule has 2 fully saturated rings. The number of ether oxygens (including phenoxy) is 1. The molecule has 0 unspecified atom stereocenters. The molecule has 1 aromatic heterocycles. The van der Waals surface area contributed by atoms with Crippen LogP contribution in [-0.4, -0.2) is 53.2 Å². The maximum Gasteiger partial charge on any atom is 0.274 e. The van der Waals surface area contributed by atoms with E-state index in [1.807, 2.05) is 0 Å². The number of likely N-dealkylation sites (tertiary alicyclic amines) is 1.